The second kappa shape index (κ2) is 12.3. The van der Waals surface area contributed by atoms with Crippen molar-refractivity contribution < 1.29 is 9.53 Å². The molecule has 0 atom stereocenters. The molecule has 32 heavy (non-hydrogen) atoms. The number of aromatic nitrogens is 3. The summed E-state index contributed by atoms with van der Waals surface area (Å²) in [4.78, 5) is 23.7. The van der Waals surface area contributed by atoms with Crippen molar-refractivity contribution in [3.8, 4) is 0 Å². The minimum Gasteiger partial charge on any atom is -0.378 e. The number of pyridine rings is 1. The van der Waals surface area contributed by atoms with Gasteiger partial charge in [0.25, 0.3) is 0 Å². The molecule has 2 aromatic rings. The van der Waals surface area contributed by atoms with Crippen LogP contribution in [0, 0.1) is 0 Å². The summed E-state index contributed by atoms with van der Waals surface area (Å²) in [5, 5.41) is 11.9. The van der Waals surface area contributed by atoms with Crippen molar-refractivity contribution in [2.75, 3.05) is 72.1 Å². The Balaban J connectivity index is 0.00000289. The minimum atomic E-state index is 0. The third-order valence-corrected chi connectivity index (χ3v) is 5.71. The first-order valence-corrected chi connectivity index (χ1v) is 11.1. The number of nitrogens with one attached hydrogen (secondary N) is 1. The van der Waals surface area contributed by atoms with E-state index in [1.807, 2.05) is 33.7 Å². The third kappa shape index (κ3) is 6.29. The summed E-state index contributed by atoms with van der Waals surface area (Å²) in [6.07, 6.45) is 2.71. The number of ether oxygens (including phenoxy) is 1. The number of morpholine rings is 1. The maximum absolute atomic E-state index is 12.5. The summed E-state index contributed by atoms with van der Waals surface area (Å²) in [6, 6.07) is 5.90. The Kier molecular flexibility index (Phi) is 9.48. The van der Waals surface area contributed by atoms with E-state index < -0.39 is 0 Å². The molecule has 2 aliphatic rings. The van der Waals surface area contributed by atoms with Crippen molar-refractivity contribution >= 4 is 41.5 Å². The van der Waals surface area contributed by atoms with Crippen LogP contribution < -0.4 is 5.32 Å². The first kappa shape index (κ1) is 24.6. The predicted molar refractivity (Wildman–Crippen MR) is 133 cm³/mol. The van der Waals surface area contributed by atoms with Crippen LogP contribution in [-0.2, 0) is 16.0 Å². The van der Waals surface area contributed by atoms with Gasteiger partial charge >= 0.3 is 0 Å². The second-order valence-corrected chi connectivity index (χ2v) is 7.79. The standard InChI is InChI=1S/C21H32N8O2.HI/c1-2-22-21(23-7-6-19-25-24-18-5-3-4-8-29(18)19)28-11-9-26(10-12-28)17-20(30)27-13-15-31-16-14-27;/h3-5,8H,2,6-7,9-17H2,1H3,(H,22,23);1H. The molecule has 0 saturated carbocycles. The molecule has 11 heteroatoms. The highest BCUT2D eigenvalue weighted by atomic mass is 127. The highest BCUT2D eigenvalue weighted by Crippen LogP contribution is 2.07. The Hall–Kier alpha value is -1.99. The lowest BCUT2D eigenvalue weighted by Gasteiger charge is -2.37. The Morgan fingerprint density at radius 1 is 1.09 bits per heavy atom. The molecule has 0 bridgehead atoms. The normalized spacial score (nSPS) is 18.0. The van der Waals surface area contributed by atoms with E-state index in [2.05, 4.69) is 32.2 Å². The summed E-state index contributed by atoms with van der Waals surface area (Å²) in [5.74, 6) is 2.05. The Bertz CT molecular complexity index is 891. The lowest BCUT2D eigenvalue weighted by Crippen LogP contribution is -2.55. The van der Waals surface area contributed by atoms with Gasteiger partial charge < -0.3 is 19.9 Å². The van der Waals surface area contributed by atoms with Gasteiger partial charge in [0, 0.05) is 65.0 Å². The molecule has 10 nitrogen and oxygen atoms in total. The Morgan fingerprint density at radius 3 is 2.62 bits per heavy atom. The van der Waals surface area contributed by atoms with Crippen molar-refractivity contribution in [1.29, 1.82) is 0 Å². The number of amides is 1. The van der Waals surface area contributed by atoms with E-state index in [0.717, 1.165) is 56.6 Å². The maximum atomic E-state index is 12.5. The molecule has 176 valence electrons. The number of aliphatic imine (C=N–C) groups is 1. The van der Waals surface area contributed by atoms with Crippen LogP contribution in [0.15, 0.2) is 29.4 Å². The van der Waals surface area contributed by atoms with Gasteiger partial charge in [0.05, 0.1) is 19.8 Å². The summed E-state index contributed by atoms with van der Waals surface area (Å²) in [7, 11) is 0. The van der Waals surface area contributed by atoms with Gasteiger partial charge in [-0.25, -0.2) is 0 Å². The Labute approximate surface area is 206 Å². The molecule has 1 amide bonds. The average molecular weight is 556 g/mol. The zero-order chi connectivity index (χ0) is 21.5. The number of piperazine rings is 1. The van der Waals surface area contributed by atoms with Gasteiger partial charge in [-0.15, -0.1) is 34.2 Å². The lowest BCUT2D eigenvalue weighted by atomic mass is 10.3. The van der Waals surface area contributed by atoms with Crippen LogP contribution in [0.5, 0.6) is 0 Å². The zero-order valence-electron chi connectivity index (χ0n) is 18.6. The van der Waals surface area contributed by atoms with Crippen LogP contribution in [0.25, 0.3) is 5.65 Å². The number of fused-ring (bicyclic) bond motifs is 1. The van der Waals surface area contributed by atoms with Gasteiger partial charge in [-0.3, -0.25) is 19.1 Å². The summed E-state index contributed by atoms with van der Waals surface area (Å²) in [5.41, 5.74) is 0.858. The number of hydrogen-bond acceptors (Lipinski definition) is 6. The number of carbonyl (C=O) groups is 1. The summed E-state index contributed by atoms with van der Waals surface area (Å²) in [6.45, 7) is 10.2. The predicted octanol–water partition coefficient (Wildman–Crippen LogP) is 0.332. The van der Waals surface area contributed by atoms with E-state index in [0.29, 0.717) is 39.4 Å². The van der Waals surface area contributed by atoms with Crippen molar-refractivity contribution in [2.45, 2.75) is 13.3 Å². The fourth-order valence-electron chi connectivity index (χ4n) is 3.97. The first-order chi connectivity index (χ1) is 15.2. The SMILES string of the molecule is CCNC(=NCCc1nnc2ccccn12)N1CCN(CC(=O)N2CCOCC2)CC1.I. The zero-order valence-corrected chi connectivity index (χ0v) is 21.0. The molecule has 4 rings (SSSR count). The van der Waals surface area contributed by atoms with Crippen molar-refractivity contribution in [2.24, 2.45) is 4.99 Å². The molecule has 0 aliphatic carbocycles. The average Bonchev–Trinajstić information content (AvgIpc) is 3.23. The molecule has 0 aromatic carbocycles. The van der Waals surface area contributed by atoms with Crippen LogP contribution >= 0.6 is 24.0 Å². The van der Waals surface area contributed by atoms with E-state index in [4.69, 9.17) is 9.73 Å². The molecule has 2 fully saturated rings. The van der Waals surface area contributed by atoms with E-state index >= 15 is 0 Å². The smallest absolute Gasteiger partial charge is 0.236 e. The largest absolute Gasteiger partial charge is 0.378 e. The topological polar surface area (TPSA) is 90.6 Å². The van der Waals surface area contributed by atoms with E-state index in [1.54, 1.807) is 0 Å². The van der Waals surface area contributed by atoms with Gasteiger partial charge in [0.2, 0.25) is 5.91 Å². The molecule has 0 spiro atoms. The summed E-state index contributed by atoms with van der Waals surface area (Å²) < 4.78 is 7.34. The third-order valence-electron chi connectivity index (χ3n) is 5.71. The molecule has 2 aromatic heterocycles. The molecule has 0 unspecified atom stereocenters. The van der Waals surface area contributed by atoms with Crippen molar-refractivity contribution in [1.82, 2.24) is 34.6 Å². The van der Waals surface area contributed by atoms with E-state index in [9.17, 15) is 4.79 Å². The van der Waals surface area contributed by atoms with Gasteiger partial charge in [-0.05, 0) is 19.1 Å². The van der Waals surface area contributed by atoms with Gasteiger partial charge in [-0.2, -0.15) is 0 Å². The van der Waals surface area contributed by atoms with Crippen LogP contribution in [-0.4, -0.2) is 113 Å². The van der Waals surface area contributed by atoms with Gasteiger partial charge in [0.1, 0.15) is 5.82 Å². The number of nitrogens with zero attached hydrogens (tertiary/aromatic N) is 7. The van der Waals surface area contributed by atoms with Crippen LogP contribution in [0.3, 0.4) is 0 Å². The lowest BCUT2D eigenvalue weighted by molar-refractivity contribution is -0.136. The van der Waals surface area contributed by atoms with Gasteiger partial charge in [0.15, 0.2) is 11.6 Å². The summed E-state index contributed by atoms with van der Waals surface area (Å²) >= 11 is 0. The van der Waals surface area contributed by atoms with E-state index in [1.165, 1.54) is 0 Å². The van der Waals surface area contributed by atoms with E-state index in [-0.39, 0.29) is 29.9 Å². The first-order valence-electron chi connectivity index (χ1n) is 11.1. The van der Waals surface area contributed by atoms with Crippen LogP contribution in [0.4, 0.5) is 0 Å². The molecule has 4 heterocycles. The van der Waals surface area contributed by atoms with Crippen molar-refractivity contribution in [3.05, 3.63) is 30.2 Å². The number of guanidine groups is 1. The van der Waals surface area contributed by atoms with Gasteiger partial charge in [-0.1, -0.05) is 6.07 Å². The monoisotopic (exact) mass is 556 g/mol. The molecular weight excluding hydrogens is 523 g/mol. The molecule has 2 aliphatic heterocycles. The molecule has 2 saturated heterocycles. The second-order valence-electron chi connectivity index (χ2n) is 7.79. The quantitative estimate of drug-likeness (QED) is 0.312. The number of hydrogen-bond donors (Lipinski definition) is 1. The number of rotatable bonds is 6. The number of carbonyl (C=O) groups excluding carboxylic acids is 1. The highest BCUT2D eigenvalue weighted by Gasteiger charge is 2.24. The fourth-order valence-corrected chi connectivity index (χ4v) is 3.97. The molecular formula is C21H33IN8O2. The minimum absolute atomic E-state index is 0. The van der Waals surface area contributed by atoms with Crippen LogP contribution in [0.1, 0.15) is 12.7 Å². The van der Waals surface area contributed by atoms with Crippen LogP contribution in [0.2, 0.25) is 0 Å². The Morgan fingerprint density at radius 2 is 1.88 bits per heavy atom. The molecule has 0 radical (unpaired) electrons. The van der Waals surface area contributed by atoms with Crippen molar-refractivity contribution in [3.63, 3.8) is 0 Å². The highest BCUT2D eigenvalue weighted by molar-refractivity contribution is 14.0. The molecule has 1 N–H and O–H groups in total. The maximum Gasteiger partial charge on any atom is 0.236 e. The fraction of sp³-hybridized carbons (Fsp3) is 0.619. The number of halogens is 1.